The van der Waals surface area contributed by atoms with E-state index in [9.17, 15) is 0 Å². The fourth-order valence-corrected chi connectivity index (χ4v) is 12.5. The number of hydrogen-bond acceptors (Lipinski definition) is 2. The van der Waals surface area contributed by atoms with Crippen molar-refractivity contribution in [2.24, 2.45) is 40.9 Å². The van der Waals surface area contributed by atoms with Gasteiger partial charge in [-0.1, -0.05) is 75.2 Å². The molecule has 0 radical (unpaired) electrons. The number of hydrogen-bond donors (Lipinski definition) is 2. The highest BCUT2D eigenvalue weighted by Gasteiger charge is 2.71. The Bertz CT molecular complexity index is 626. The molecule has 3 aliphatic heterocycles. The molecule has 8 atom stereocenters. The Morgan fingerprint density at radius 1 is 0.500 bits per heavy atom. The first-order chi connectivity index (χ1) is 15.9. The highest BCUT2D eigenvalue weighted by Crippen LogP contribution is 2.75. The van der Waals surface area contributed by atoms with E-state index in [-0.39, 0.29) is 0 Å². The minimum absolute atomic E-state index is 0.692. The topological polar surface area (TPSA) is 24.1 Å². The zero-order chi connectivity index (χ0) is 21.1. The minimum atomic E-state index is 0.692. The van der Waals surface area contributed by atoms with Gasteiger partial charge in [-0.2, -0.15) is 0 Å². The molecule has 1 spiro atoms. The molecule has 0 aromatic carbocycles. The van der Waals surface area contributed by atoms with E-state index in [1.807, 2.05) is 0 Å². The van der Waals surface area contributed by atoms with Crippen LogP contribution < -0.4 is 10.6 Å². The minimum Gasteiger partial charge on any atom is -0.316 e. The van der Waals surface area contributed by atoms with Gasteiger partial charge in [0.1, 0.15) is 6.71 Å². The molecule has 2 N–H and O–H groups in total. The van der Waals surface area contributed by atoms with Crippen molar-refractivity contribution >= 4 is 6.71 Å². The maximum Gasteiger partial charge on any atom is 0.150 e. The van der Waals surface area contributed by atoms with Crippen LogP contribution in [0.4, 0.5) is 0 Å². The van der Waals surface area contributed by atoms with Crippen LogP contribution in [-0.4, -0.2) is 32.9 Å². The van der Waals surface area contributed by atoms with E-state index in [0.717, 1.165) is 59.7 Å². The van der Waals surface area contributed by atoms with Gasteiger partial charge in [0.05, 0.1) is 0 Å². The fourth-order valence-electron chi connectivity index (χ4n) is 12.5. The smallest absolute Gasteiger partial charge is 0.150 e. The van der Waals surface area contributed by atoms with Gasteiger partial charge in [-0.05, 0) is 106 Å². The Balaban J connectivity index is 1.36. The molecular formula is C29H49BN2. The molecule has 0 amide bonds. The van der Waals surface area contributed by atoms with Crippen LogP contribution >= 0.6 is 0 Å². The molecule has 0 aromatic rings. The molecule has 4 aliphatic carbocycles. The third-order valence-corrected chi connectivity index (χ3v) is 13.0. The summed E-state index contributed by atoms with van der Waals surface area (Å²) < 4.78 is 0. The second kappa shape index (κ2) is 8.58. The van der Waals surface area contributed by atoms with E-state index in [1.165, 1.54) is 58.3 Å². The first-order valence-corrected chi connectivity index (χ1v) is 15.3. The zero-order valence-electron chi connectivity index (χ0n) is 20.7. The highest BCUT2D eigenvalue weighted by molar-refractivity contribution is 6.64. The predicted molar refractivity (Wildman–Crippen MR) is 135 cm³/mol. The maximum absolute atomic E-state index is 4.02. The number of fused-ring (bicyclic) bond motifs is 9. The molecule has 0 aromatic heterocycles. The molecule has 0 bridgehead atoms. The summed E-state index contributed by atoms with van der Waals surface area (Å²) in [6.07, 6.45) is 23.3. The quantitative estimate of drug-likeness (QED) is 0.465. The summed E-state index contributed by atoms with van der Waals surface area (Å²) in [6, 6.07) is 0. The van der Waals surface area contributed by atoms with Gasteiger partial charge in [-0.3, -0.25) is 0 Å². The first kappa shape index (κ1) is 21.3. The second-order valence-corrected chi connectivity index (χ2v) is 13.6. The summed E-state index contributed by atoms with van der Waals surface area (Å²) in [7, 11) is 0. The van der Waals surface area contributed by atoms with Crippen molar-refractivity contribution in [2.45, 2.75) is 114 Å². The molecule has 178 valence electrons. The van der Waals surface area contributed by atoms with Crippen molar-refractivity contribution in [3.8, 4) is 0 Å². The largest absolute Gasteiger partial charge is 0.316 e. The molecule has 3 heterocycles. The van der Waals surface area contributed by atoms with Crippen LogP contribution in [0, 0.1) is 40.9 Å². The Hall–Kier alpha value is -0.0151. The number of nitrogens with one attached hydrogen (secondary N) is 2. The van der Waals surface area contributed by atoms with E-state index in [1.54, 1.807) is 64.2 Å². The van der Waals surface area contributed by atoms with Crippen molar-refractivity contribution in [3.63, 3.8) is 0 Å². The average Bonchev–Trinajstić information content (AvgIpc) is 3.16. The molecule has 3 saturated heterocycles. The monoisotopic (exact) mass is 436 g/mol. The predicted octanol–water partition coefficient (Wildman–Crippen LogP) is 6.40. The lowest BCUT2D eigenvalue weighted by Gasteiger charge is -2.66. The Morgan fingerprint density at radius 2 is 1.00 bits per heavy atom. The maximum atomic E-state index is 4.02. The molecule has 2 nitrogen and oxygen atoms in total. The Kier molecular flexibility index (Phi) is 5.71. The summed E-state index contributed by atoms with van der Waals surface area (Å²) in [5.74, 6) is 9.56. The molecule has 7 rings (SSSR count). The molecule has 7 aliphatic rings. The van der Waals surface area contributed by atoms with Crippen LogP contribution in [0.25, 0.3) is 0 Å². The van der Waals surface area contributed by atoms with Gasteiger partial charge in [0, 0.05) is 0 Å². The summed E-state index contributed by atoms with van der Waals surface area (Å²) in [5, 5.41) is 8.05. The third kappa shape index (κ3) is 2.98. The summed E-state index contributed by atoms with van der Waals surface area (Å²) >= 11 is 0. The fraction of sp³-hybridized carbons (Fsp3) is 1.00. The molecular weight excluding hydrogens is 387 g/mol. The van der Waals surface area contributed by atoms with Crippen LogP contribution in [0.5, 0.6) is 0 Å². The van der Waals surface area contributed by atoms with E-state index < -0.39 is 0 Å². The van der Waals surface area contributed by atoms with Gasteiger partial charge < -0.3 is 10.6 Å². The second-order valence-electron chi connectivity index (χ2n) is 13.6. The van der Waals surface area contributed by atoms with Gasteiger partial charge in [0.15, 0.2) is 0 Å². The van der Waals surface area contributed by atoms with E-state index in [4.69, 9.17) is 0 Å². The van der Waals surface area contributed by atoms with Gasteiger partial charge in [0.25, 0.3) is 0 Å². The van der Waals surface area contributed by atoms with Gasteiger partial charge in [0.2, 0.25) is 0 Å². The van der Waals surface area contributed by atoms with Gasteiger partial charge in [-0.25, -0.2) is 0 Å². The lowest BCUT2D eigenvalue weighted by atomic mass is 9.16. The van der Waals surface area contributed by atoms with Gasteiger partial charge in [-0.15, -0.1) is 0 Å². The van der Waals surface area contributed by atoms with Crippen molar-refractivity contribution < 1.29 is 0 Å². The van der Waals surface area contributed by atoms with Crippen molar-refractivity contribution in [1.82, 2.24) is 10.6 Å². The lowest BCUT2D eigenvalue weighted by Crippen LogP contribution is -2.66. The molecule has 8 unspecified atom stereocenters. The number of rotatable bonds is 1. The standard InChI is InChI=1S/C29H49BN2/c1-2-8-20(9-3-1)30-27-14-16-31-18-25(27)29(26-19-32-17-15-28(26)30)23-12-6-4-10-21(23)22-11-5-7-13-24(22)29/h20-28,31-32H,1-19H2. The third-order valence-electron chi connectivity index (χ3n) is 13.0. The molecule has 3 heteroatoms. The summed E-state index contributed by atoms with van der Waals surface area (Å²) in [4.78, 5) is 0. The summed E-state index contributed by atoms with van der Waals surface area (Å²) in [6.45, 7) is 6.47. The normalized spacial score (nSPS) is 51.6. The SMILES string of the molecule is C1CCC(B2C3CCNCC3C3(C4CNCCC24)C2CCCCC2C2CCCCC23)CC1. The molecule has 4 saturated carbocycles. The highest BCUT2D eigenvalue weighted by atomic mass is 14.9. The Labute approximate surface area is 198 Å². The zero-order valence-corrected chi connectivity index (χ0v) is 20.7. The number of piperidine rings is 2. The molecule has 7 fully saturated rings. The lowest BCUT2D eigenvalue weighted by molar-refractivity contribution is -0.0761. The van der Waals surface area contributed by atoms with E-state index in [2.05, 4.69) is 10.6 Å². The Morgan fingerprint density at radius 3 is 1.56 bits per heavy atom. The first-order valence-electron chi connectivity index (χ1n) is 15.3. The average molecular weight is 437 g/mol. The van der Waals surface area contributed by atoms with Crippen LogP contribution in [0.1, 0.15) is 96.3 Å². The van der Waals surface area contributed by atoms with Crippen LogP contribution in [0.2, 0.25) is 17.5 Å². The van der Waals surface area contributed by atoms with Crippen molar-refractivity contribution in [1.29, 1.82) is 0 Å². The summed E-state index contributed by atoms with van der Waals surface area (Å²) in [5.41, 5.74) is 0.692. The van der Waals surface area contributed by atoms with Crippen LogP contribution in [-0.2, 0) is 0 Å². The van der Waals surface area contributed by atoms with Crippen molar-refractivity contribution in [3.05, 3.63) is 0 Å². The van der Waals surface area contributed by atoms with Crippen LogP contribution in [0.3, 0.4) is 0 Å². The van der Waals surface area contributed by atoms with Crippen LogP contribution in [0.15, 0.2) is 0 Å². The van der Waals surface area contributed by atoms with Crippen molar-refractivity contribution in [2.75, 3.05) is 26.2 Å². The molecule has 32 heavy (non-hydrogen) atoms. The van der Waals surface area contributed by atoms with Gasteiger partial charge >= 0.3 is 0 Å². The van der Waals surface area contributed by atoms with E-state index in [0.29, 0.717) is 5.41 Å². The van der Waals surface area contributed by atoms with E-state index >= 15 is 0 Å².